The maximum Gasteiger partial charge on any atom is 0.216 e. The molecule has 0 spiro atoms. The van der Waals surface area contributed by atoms with E-state index in [-0.39, 0.29) is 11.3 Å². The molecule has 0 radical (unpaired) electrons. The number of benzene rings is 1. The summed E-state index contributed by atoms with van der Waals surface area (Å²) in [7, 11) is 0. The summed E-state index contributed by atoms with van der Waals surface area (Å²) in [6.45, 7) is 6.72. The summed E-state index contributed by atoms with van der Waals surface area (Å²) in [6.07, 6.45) is 0. The lowest BCUT2D eigenvalue weighted by Crippen LogP contribution is -2.25. The quantitative estimate of drug-likeness (QED) is 0.875. The summed E-state index contributed by atoms with van der Waals surface area (Å²) in [5, 5.41) is 2.64. The number of nitrogens with zero attached hydrogens (tertiary/aromatic N) is 2. The Morgan fingerprint density at radius 1 is 1.53 bits per heavy atom. The van der Waals surface area contributed by atoms with Crippen molar-refractivity contribution >= 4 is 28.5 Å². The molecular formula is C14H18ClN3O. The average molecular weight is 280 g/mol. The van der Waals surface area contributed by atoms with Crippen molar-refractivity contribution in [1.29, 1.82) is 0 Å². The molecule has 0 fully saturated rings. The fourth-order valence-electron chi connectivity index (χ4n) is 2.13. The van der Waals surface area contributed by atoms with Crippen LogP contribution in [0.1, 0.15) is 30.6 Å². The Hall–Kier alpha value is -1.55. The Kier molecular flexibility index (Phi) is 4.10. The van der Waals surface area contributed by atoms with Gasteiger partial charge in [0.2, 0.25) is 5.91 Å². The van der Waals surface area contributed by atoms with Crippen LogP contribution in [0, 0.1) is 6.92 Å². The van der Waals surface area contributed by atoms with E-state index in [0.717, 1.165) is 16.9 Å². The Balaban J connectivity index is 2.39. The molecule has 1 aromatic carbocycles. The molecule has 0 saturated carbocycles. The normalized spacial score (nSPS) is 12.6. The number of carbonyl (C=O) groups is 1. The van der Waals surface area contributed by atoms with Gasteiger partial charge in [-0.15, -0.1) is 11.6 Å². The average Bonchev–Trinajstić information content (AvgIpc) is 2.67. The molecule has 1 heterocycles. The van der Waals surface area contributed by atoms with Crippen molar-refractivity contribution in [2.45, 2.75) is 32.7 Å². The van der Waals surface area contributed by atoms with Gasteiger partial charge in [-0.05, 0) is 31.5 Å². The third kappa shape index (κ3) is 3.07. The highest BCUT2D eigenvalue weighted by molar-refractivity contribution is 6.20. The van der Waals surface area contributed by atoms with E-state index in [4.69, 9.17) is 11.6 Å². The summed E-state index contributed by atoms with van der Waals surface area (Å²) in [5.41, 5.74) is 3.19. The van der Waals surface area contributed by atoms with E-state index in [0.29, 0.717) is 13.1 Å². The molecular weight excluding hydrogens is 262 g/mol. The molecule has 102 valence electrons. The molecule has 2 rings (SSSR count). The van der Waals surface area contributed by atoms with Crippen LogP contribution in [-0.4, -0.2) is 22.0 Å². The lowest BCUT2D eigenvalue weighted by atomic mass is 10.2. The third-order valence-corrected chi connectivity index (χ3v) is 3.19. The van der Waals surface area contributed by atoms with Gasteiger partial charge in [0.15, 0.2) is 0 Å². The Morgan fingerprint density at radius 2 is 2.26 bits per heavy atom. The minimum atomic E-state index is -0.162. The number of amides is 1. The molecule has 1 amide bonds. The number of fused-ring (bicyclic) bond motifs is 1. The van der Waals surface area contributed by atoms with E-state index in [1.165, 1.54) is 12.5 Å². The third-order valence-electron chi connectivity index (χ3n) is 3.00. The first-order chi connectivity index (χ1) is 8.99. The van der Waals surface area contributed by atoms with Gasteiger partial charge in [-0.25, -0.2) is 4.98 Å². The largest absolute Gasteiger partial charge is 0.355 e. The van der Waals surface area contributed by atoms with Crippen molar-refractivity contribution in [3.63, 3.8) is 0 Å². The number of rotatable bonds is 4. The zero-order chi connectivity index (χ0) is 14.0. The van der Waals surface area contributed by atoms with Gasteiger partial charge in [-0.2, -0.15) is 0 Å². The van der Waals surface area contributed by atoms with Crippen molar-refractivity contribution in [2.75, 3.05) is 6.54 Å². The van der Waals surface area contributed by atoms with Gasteiger partial charge < -0.3 is 9.88 Å². The van der Waals surface area contributed by atoms with Gasteiger partial charge in [0, 0.05) is 20.0 Å². The van der Waals surface area contributed by atoms with Crippen LogP contribution < -0.4 is 5.32 Å². The number of aromatic nitrogens is 2. The first-order valence-electron chi connectivity index (χ1n) is 6.34. The highest BCUT2D eigenvalue weighted by Crippen LogP contribution is 2.25. The summed E-state index contributed by atoms with van der Waals surface area (Å²) in [5.74, 6) is 0.814. The number of nitrogens with one attached hydrogen (secondary N) is 1. The molecule has 0 bridgehead atoms. The summed E-state index contributed by atoms with van der Waals surface area (Å²) in [4.78, 5) is 15.5. The molecule has 1 atom stereocenters. The maximum atomic E-state index is 10.9. The number of carbonyl (C=O) groups excluding carboxylic acids is 1. The standard InChI is InChI=1S/C14H18ClN3O/c1-9-4-5-12-13(8-9)18(7-6-16-11(3)19)14(17-12)10(2)15/h4-5,8,10H,6-7H2,1-3H3,(H,16,19). The highest BCUT2D eigenvalue weighted by atomic mass is 35.5. The van der Waals surface area contributed by atoms with Crippen molar-refractivity contribution in [1.82, 2.24) is 14.9 Å². The number of imidazole rings is 1. The monoisotopic (exact) mass is 279 g/mol. The molecule has 1 aromatic heterocycles. The van der Waals surface area contributed by atoms with Crippen LogP contribution in [0.5, 0.6) is 0 Å². The second kappa shape index (κ2) is 5.61. The second-order valence-corrected chi connectivity index (χ2v) is 5.37. The van der Waals surface area contributed by atoms with Gasteiger partial charge >= 0.3 is 0 Å². The lowest BCUT2D eigenvalue weighted by molar-refractivity contribution is -0.118. The SMILES string of the molecule is CC(=O)NCCn1c(C(C)Cl)nc2ccc(C)cc21. The first kappa shape index (κ1) is 13.9. The Bertz CT molecular complexity index is 604. The van der Waals surface area contributed by atoms with Crippen LogP contribution in [0.15, 0.2) is 18.2 Å². The van der Waals surface area contributed by atoms with Gasteiger partial charge in [-0.1, -0.05) is 6.07 Å². The number of hydrogen-bond acceptors (Lipinski definition) is 2. The smallest absolute Gasteiger partial charge is 0.216 e. The molecule has 0 aliphatic rings. The number of alkyl halides is 1. The van der Waals surface area contributed by atoms with Crippen LogP contribution in [0.25, 0.3) is 11.0 Å². The van der Waals surface area contributed by atoms with Crippen molar-refractivity contribution in [2.24, 2.45) is 0 Å². The van der Waals surface area contributed by atoms with Crippen LogP contribution in [-0.2, 0) is 11.3 Å². The van der Waals surface area contributed by atoms with E-state index in [1.54, 1.807) is 0 Å². The van der Waals surface area contributed by atoms with E-state index >= 15 is 0 Å². The summed E-state index contributed by atoms with van der Waals surface area (Å²) >= 11 is 6.19. The van der Waals surface area contributed by atoms with Crippen LogP contribution in [0.2, 0.25) is 0 Å². The first-order valence-corrected chi connectivity index (χ1v) is 6.78. The van der Waals surface area contributed by atoms with E-state index < -0.39 is 0 Å². The Morgan fingerprint density at radius 3 is 2.89 bits per heavy atom. The van der Waals surface area contributed by atoms with Crippen LogP contribution >= 0.6 is 11.6 Å². The number of halogens is 1. The molecule has 19 heavy (non-hydrogen) atoms. The van der Waals surface area contributed by atoms with E-state index in [1.807, 2.05) is 26.0 Å². The zero-order valence-electron chi connectivity index (χ0n) is 11.4. The molecule has 0 aliphatic carbocycles. The van der Waals surface area contributed by atoms with Gasteiger partial charge in [0.1, 0.15) is 5.82 Å². The van der Waals surface area contributed by atoms with Crippen molar-refractivity contribution < 1.29 is 4.79 Å². The molecule has 1 unspecified atom stereocenters. The zero-order valence-corrected chi connectivity index (χ0v) is 12.2. The second-order valence-electron chi connectivity index (χ2n) is 4.71. The fourth-order valence-corrected chi connectivity index (χ4v) is 2.30. The van der Waals surface area contributed by atoms with E-state index in [9.17, 15) is 4.79 Å². The molecule has 0 aliphatic heterocycles. The van der Waals surface area contributed by atoms with Crippen molar-refractivity contribution in [3.05, 3.63) is 29.6 Å². The van der Waals surface area contributed by atoms with Gasteiger partial charge in [-0.3, -0.25) is 4.79 Å². The topological polar surface area (TPSA) is 46.9 Å². The van der Waals surface area contributed by atoms with E-state index in [2.05, 4.69) is 20.9 Å². The maximum absolute atomic E-state index is 10.9. The molecule has 5 heteroatoms. The highest BCUT2D eigenvalue weighted by Gasteiger charge is 2.14. The summed E-state index contributed by atoms with van der Waals surface area (Å²) < 4.78 is 2.08. The number of aryl methyl sites for hydroxylation is 1. The number of hydrogen-bond donors (Lipinski definition) is 1. The predicted octanol–water partition coefficient (Wildman–Crippen LogP) is 2.78. The molecule has 0 saturated heterocycles. The van der Waals surface area contributed by atoms with Crippen LogP contribution in [0.3, 0.4) is 0 Å². The summed E-state index contributed by atoms with van der Waals surface area (Å²) in [6, 6.07) is 6.14. The minimum Gasteiger partial charge on any atom is -0.355 e. The Labute approximate surface area is 117 Å². The molecule has 2 aromatic rings. The minimum absolute atomic E-state index is 0.0268. The van der Waals surface area contributed by atoms with Crippen molar-refractivity contribution in [3.8, 4) is 0 Å². The van der Waals surface area contributed by atoms with Crippen LogP contribution in [0.4, 0.5) is 0 Å². The predicted molar refractivity (Wildman–Crippen MR) is 77.4 cm³/mol. The fraction of sp³-hybridized carbons (Fsp3) is 0.429. The van der Waals surface area contributed by atoms with Gasteiger partial charge in [0.05, 0.1) is 16.4 Å². The van der Waals surface area contributed by atoms with Gasteiger partial charge in [0.25, 0.3) is 0 Å². The molecule has 4 nitrogen and oxygen atoms in total. The lowest BCUT2D eigenvalue weighted by Gasteiger charge is -2.11. The molecule has 1 N–H and O–H groups in total.